The van der Waals surface area contributed by atoms with E-state index in [2.05, 4.69) is 15.5 Å². The Kier molecular flexibility index (Phi) is 6.25. The van der Waals surface area contributed by atoms with Crippen LogP contribution in [-0.4, -0.2) is 22.0 Å². The SMILES string of the molecule is Cc1nc(CC(=O)N/N=C\c2ccc(Oc3ccc(F)cc3)c([N+](=O)[O-])c2)cs1. The van der Waals surface area contributed by atoms with E-state index in [1.165, 1.54) is 53.9 Å². The van der Waals surface area contributed by atoms with E-state index in [4.69, 9.17) is 4.74 Å². The number of nitrogens with one attached hydrogen (secondary N) is 1. The maximum Gasteiger partial charge on any atom is 0.312 e. The number of aryl methyl sites for hydroxylation is 1. The Hall–Kier alpha value is -3.66. The first-order valence-corrected chi connectivity index (χ1v) is 9.23. The van der Waals surface area contributed by atoms with Crippen molar-refractivity contribution in [2.45, 2.75) is 13.3 Å². The lowest BCUT2D eigenvalue weighted by molar-refractivity contribution is -0.385. The number of halogens is 1. The third kappa shape index (κ3) is 5.66. The summed E-state index contributed by atoms with van der Waals surface area (Å²) in [6, 6.07) is 9.34. The molecule has 1 N–H and O–H groups in total. The number of amides is 1. The summed E-state index contributed by atoms with van der Waals surface area (Å²) in [5, 5.41) is 17.8. The molecular formula is C19H15FN4O4S. The van der Waals surface area contributed by atoms with Crippen LogP contribution in [0.15, 0.2) is 52.9 Å². The smallest absolute Gasteiger partial charge is 0.312 e. The fourth-order valence-corrected chi connectivity index (χ4v) is 2.96. The number of benzene rings is 2. The van der Waals surface area contributed by atoms with E-state index in [9.17, 15) is 19.3 Å². The lowest BCUT2D eigenvalue weighted by Gasteiger charge is -2.07. The third-order valence-electron chi connectivity index (χ3n) is 3.63. The second-order valence-corrected chi connectivity index (χ2v) is 6.93. The molecule has 148 valence electrons. The highest BCUT2D eigenvalue weighted by atomic mass is 32.1. The van der Waals surface area contributed by atoms with Crippen LogP contribution in [-0.2, 0) is 11.2 Å². The number of hydrogen-bond donors (Lipinski definition) is 1. The van der Waals surface area contributed by atoms with Gasteiger partial charge in [-0.1, -0.05) is 0 Å². The molecule has 3 rings (SSSR count). The van der Waals surface area contributed by atoms with Crippen molar-refractivity contribution in [3.63, 3.8) is 0 Å². The summed E-state index contributed by atoms with van der Waals surface area (Å²) in [5.41, 5.74) is 3.11. The van der Waals surface area contributed by atoms with Crippen molar-refractivity contribution >= 4 is 29.1 Å². The molecule has 0 atom stereocenters. The first kappa shape index (κ1) is 20.1. The van der Waals surface area contributed by atoms with Gasteiger partial charge in [-0.05, 0) is 43.3 Å². The van der Waals surface area contributed by atoms with Gasteiger partial charge in [-0.2, -0.15) is 5.10 Å². The lowest BCUT2D eigenvalue weighted by atomic mass is 10.2. The molecular weight excluding hydrogens is 399 g/mol. The number of rotatable bonds is 7. The monoisotopic (exact) mass is 414 g/mol. The number of carbonyl (C=O) groups is 1. The maximum absolute atomic E-state index is 13.0. The summed E-state index contributed by atoms with van der Waals surface area (Å²) in [6.07, 6.45) is 1.38. The van der Waals surface area contributed by atoms with Gasteiger partial charge < -0.3 is 4.74 Å². The fourth-order valence-electron chi connectivity index (χ4n) is 2.35. The van der Waals surface area contributed by atoms with E-state index >= 15 is 0 Å². The van der Waals surface area contributed by atoms with E-state index < -0.39 is 10.7 Å². The average Bonchev–Trinajstić information content (AvgIpc) is 3.09. The van der Waals surface area contributed by atoms with Crippen LogP contribution in [0, 0.1) is 22.9 Å². The van der Waals surface area contributed by atoms with Gasteiger partial charge in [0.05, 0.1) is 28.3 Å². The Balaban J connectivity index is 1.67. The number of nitro benzene ring substituents is 1. The molecule has 0 aliphatic rings. The van der Waals surface area contributed by atoms with E-state index in [0.717, 1.165) is 5.01 Å². The quantitative estimate of drug-likeness (QED) is 0.357. The van der Waals surface area contributed by atoms with Gasteiger partial charge in [0.25, 0.3) is 0 Å². The van der Waals surface area contributed by atoms with Crippen molar-refractivity contribution in [1.29, 1.82) is 0 Å². The van der Waals surface area contributed by atoms with Crippen molar-refractivity contribution in [1.82, 2.24) is 10.4 Å². The zero-order valence-electron chi connectivity index (χ0n) is 15.2. The third-order valence-corrected chi connectivity index (χ3v) is 4.45. The molecule has 29 heavy (non-hydrogen) atoms. The Morgan fingerprint density at radius 2 is 2.10 bits per heavy atom. The second-order valence-electron chi connectivity index (χ2n) is 5.87. The van der Waals surface area contributed by atoms with Crippen LogP contribution in [0.2, 0.25) is 0 Å². The van der Waals surface area contributed by atoms with Gasteiger partial charge in [-0.3, -0.25) is 14.9 Å². The molecule has 0 unspecified atom stereocenters. The number of aromatic nitrogens is 1. The number of carbonyl (C=O) groups excluding carboxylic acids is 1. The van der Waals surface area contributed by atoms with E-state index in [-0.39, 0.29) is 29.5 Å². The predicted molar refractivity (Wildman–Crippen MR) is 106 cm³/mol. The molecule has 0 radical (unpaired) electrons. The van der Waals surface area contributed by atoms with Crippen LogP contribution in [0.3, 0.4) is 0 Å². The van der Waals surface area contributed by atoms with Gasteiger partial charge in [0, 0.05) is 17.0 Å². The fraction of sp³-hybridized carbons (Fsp3) is 0.105. The van der Waals surface area contributed by atoms with Crippen molar-refractivity contribution in [3.05, 3.63) is 80.0 Å². The number of thiazole rings is 1. The van der Waals surface area contributed by atoms with Gasteiger partial charge in [-0.15, -0.1) is 11.3 Å². The standard InChI is InChI=1S/C19H15FN4O4S/c1-12-22-15(11-29-12)9-19(25)23-21-10-13-2-7-18(17(8-13)24(26)27)28-16-5-3-14(20)4-6-16/h2-8,10-11H,9H2,1H3,(H,23,25)/b21-10-. The zero-order chi connectivity index (χ0) is 20.8. The Labute approximate surface area is 168 Å². The van der Waals surface area contributed by atoms with Crippen LogP contribution < -0.4 is 10.2 Å². The molecule has 0 aliphatic carbocycles. The number of hydrazone groups is 1. The number of nitro groups is 1. The van der Waals surface area contributed by atoms with Gasteiger partial charge in [0.15, 0.2) is 0 Å². The molecule has 3 aromatic rings. The van der Waals surface area contributed by atoms with Crippen molar-refractivity contribution in [2.75, 3.05) is 0 Å². The number of hydrogen-bond acceptors (Lipinski definition) is 7. The molecule has 0 saturated heterocycles. The van der Waals surface area contributed by atoms with Gasteiger partial charge in [0.2, 0.25) is 11.7 Å². The minimum absolute atomic E-state index is 0.00157. The minimum Gasteiger partial charge on any atom is -0.450 e. The minimum atomic E-state index is -0.598. The molecule has 10 heteroatoms. The summed E-state index contributed by atoms with van der Waals surface area (Å²) in [7, 11) is 0. The van der Waals surface area contributed by atoms with E-state index in [0.29, 0.717) is 11.3 Å². The number of ether oxygens (including phenoxy) is 1. The summed E-state index contributed by atoms with van der Waals surface area (Å²) < 4.78 is 18.4. The molecule has 1 aromatic heterocycles. The lowest BCUT2D eigenvalue weighted by Crippen LogP contribution is -2.19. The molecule has 8 nitrogen and oxygen atoms in total. The van der Waals surface area contributed by atoms with Crippen LogP contribution in [0.1, 0.15) is 16.3 Å². The van der Waals surface area contributed by atoms with Crippen molar-refractivity contribution in [3.8, 4) is 11.5 Å². The second kappa shape index (κ2) is 9.02. The van der Waals surface area contributed by atoms with Gasteiger partial charge >= 0.3 is 5.69 Å². The highest BCUT2D eigenvalue weighted by Crippen LogP contribution is 2.31. The molecule has 2 aromatic carbocycles. The first-order chi connectivity index (χ1) is 13.9. The predicted octanol–water partition coefficient (Wildman–Crippen LogP) is 3.98. The Morgan fingerprint density at radius 1 is 1.34 bits per heavy atom. The van der Waals surface area contributed by atoms with Gasteiger partial charge in [0.1, 0.15) is 11.6 Å². The molecule has 0 aliphatic heterocycles. The summed E-state index contributed by atoms with van der Waals surface area (Å²) in [6.45, 7) is 1.85. The van der Waals surface area contributed by atoms with Crippen LogP contribution in [0.25, 0.3) is 0 Å². The molecule has 0 saturated carbocycles. The summed E-state index contributed by atoms with van der Waals surface area (Å²) >= 11 is 1.45. The molecule has 0 bridgehead atoms. The van der Waals surface area contributed by atoms with Crippen LogP contribution >= 0.6 is 11.3 Å². The average molecular weight is 414 g/mol. The summed E-state index contributed by atoms with van der Waals surface area (Å²) in [4.78, 5) is 26.8. The first-order valence-electron chi connectivity index (χ1n) is 8.35. The maximum atomic E-state index is 13.0. The molecule has 1 amide bonds. The van der Waals surface area contributed by atoms with E-state index in [1.54, 1.807) is 11.4 Å². The van der Waals surface area contributed by atoms with Crippen LogP contribution in [0.5, 0.6) is 11.5 Å². The van der Waals surface area contributed by atoms with E-state index in [1.807, 2.05) is 6.92 Å². The number of nitrogens with zero attached hydrogens (tertiary/aromatic N) is 3. The van der Waals surface area contributed by atoms with Crippen molar-refractivity contribution in [2.24, 2.45) is 5.10 Å². The Bertz CT molecular complexity index is 1070. The largest absolute Gasteiger partial charge is 0.450 e. The summed E-state index contributed by atoms with van der Waals surface area (Å²) in [5.74, 6) is -0.523. The highest BCUT2D eigenvalue weighted by molar-refractivity contribution is 7.09. The normalized spacial score (nSPS) is 10.8. The topological polar surface area (TPSA) is 107 Å². The molecule has 1 heterocycles. The van der Waals surface area contributed by atoms with Crippen LogP contribution in [0.4, 0.5) is 10.1 Å². The molecule has 0 spiro atoms. The van der Waals surface area contributed by atoms with Crippen molar-refractivity contribution < 1.29 is 18.8 Å². The zero-order valence-corrected chi connectivity index (χ0v) is 16.0. The van der Waals surface area contributed by atoms with Gasteiger partial charge in [-0.25, -0.2) is 14.8 Å². The highest BCUT2D eigenvalue weighted by Gasteiger charge is 2.16. The molecule has 0 fully saturated rings. The Morgan fingerprint density at radius 3 is 2.76 bits per heavy atom.